The van der Waals surface area contributed by atoms with Crippen LogP contribution in [0.2, 0.25) is 0 Å². The first-order valence-corrected chi connectivity index (χ1v) is 7.17. The summed E-state index contributed by atoms with van der Waals surface area (Å²) in [5.41, 5.74) is 8.90. The molecule has 1 nitrogen and oxygen atoms in total. The van der Waals surface area contributed by atoms with Gasteiger partial charge in [-0.25, -0.2) is 0 Å². The molecule has 19 heavy (non-hydrogen) atoms. The average Bonchev–Trinajstić information content (AvgIpc) is 3.27. The van der Waals surface area contributed by atoms with Gasteiger partial charge in [-0.2, -0.15) is 0 Å². The van der Waals surface area contributed by atoms with Crippen molar-refractivity contribution in [1.82, 2.24) is 0 Å². The average molecular weight is 251 g/mol. The molecule has 0 heterocycles. The van der Waals surface area contributed by atoms with Crippen molar-refractivity contribution >= 4 is 0 Å². The maximum absolute atomic E-state index is 6.00. The second-order valence-corrected chi connectivity index (χ2v) is 5.60. The molecule has 1 fully saturated rings. The lowest BCUT2D eigenvalue weighted by molar-refractivity contribution is 0.461. The van der Waals surface area contributed by atoms with Gasteiger partial charge in [-0.1, -0.05) is 60.7 Å². The van der Waals surface area contributed by atoms with Crippen molar-refractivity contribution < 1.29 is 0 Å². The Bertz CT molecular complexity index is 506. The van der Waals surface area contributed by atoms with Gasteiger partial charge < -0.3 is 5.73 Å². The van der Waals surface area contributed by atoms with Crippen LogP contribution in [0, 0.1) is 11.8 Å². The topological polar surface area (TPSA) is 26.0 Å². The SMILES string of the molecule is NCC(Cc1ccccc1)C1CC1c1ccccc1. The molecule has 2 aromatic rings. The highest BCUT2D eigenvalue weighted by Gasteiger charge is 2.42. The van der Waals surface area contributed by atoms with E-state index in [4.69, 9.17) is 5.73 Å². The quantitative estimate of drug-likeness (QED) is 0.863. The van der Waals surface area contributed by atoms with E-state index < -0.39 is 0 Å². The van der Waals surface area contributed by atoms with E-state index in [1.165, 1.54) is 17.5 Å². The van der Waals surface area contributed by atoms with Crippen LogP contribution >= 0.6 is 0 Å². The van der Waals surface area contributed by atoms with Crippen molar-refractivity contribution in [1.29, 1.82) is 0 Å². The van der Waals surface area contributed by atoms with Crippen LogP contribution in [0.1, 0.15) is 23.5 Å². The summed E-state index contributed by atoms with van der Waals surface area (Å²) in [6.07, 6.45) is 2.42. The molecular formula is C18H21N. The molecule has 0 saturated heterocycles. The highest BCUT2D eigenvalue weighted by atomic mass is 14.6. The van der Waals surface area contributed by atoms with Gasteiger partial charge in [0, 0.05) is 0 Å². The van der Waals surface area contributed by atoms with Crippen molar-refractivity contribution in [2.24, 2.45) is 17.6 Å². The van der Waals surface area contributed by atoms with Gasteiger partial charge in [0.2, 0.25) is 0 Å². The molecule has 1 aliphatic carbocycles. The summed E-state index contributed by atoms with van der Waals surface area (Å²) in [6, 6.07) is 21.6. The van der Waals surface area contributed by atoms with Crippen LogP contribution in [0.3, 0.4) is 0 Å². The number of rotatable bonds is 5. The number of nitrogens with two attached hydrogens (primary N) is 1. The fraction of sp³-hybridized carbons (Fsp3) is 0.333. The molecule has 0 radical (unpaired) electrons. The fourth-order valence-corrected chi connectivity index (χ4v) is 3.15. The second kappa shape index (κ2) is 5.58. The molecule has 0 spiro atoms. The van der Waals surface area contributed by atoms with Crippen LogP contribution in [0.25, 0.3) is 0 Å². The molecule has 1 saturated carbocycles. The van der Waals surface area contributed by atoms with Crippen molar-refractivity contribution in [3.8, 4) is 0 Å². The number of hydrogen-bond acceptors (Lipinski definition) is 1. The Morgan fingerprint density at radius 2 is 1.58 bits per heavy atom. The zero-order valence-electron chi connectivity index (χ0n) is 11.2. The van der Waals surface area contributed by atoms with E-state index in [-0.39, 0.29) is 0 Å². The van der Waals surface area contributed by atoms with Gasteiger partial charge >= 0.3 is 0 Å². The van der Waals surface area contributed by atoms with E-state index in [1.807, 2.05) is 0 Å². The standard InChI is InChI=1S/C18H21N/c19-13-16(11-14-7-3-1-4-8-14)18-12-17(18)15-9-5-2-6-10-15/h1-10,16-18H,11-13,19H2. The summed E-state index contributed by atoms with van der Waals surface area (Å²) in [6.45, 7) is 0.795. The largest absolute Gasteiger partial charge is 0.330 e. The van der Waals surface area contributed by atoms with Crippen molar-refractivity contribution in [3.63, 3.8) is 0 Å². The minimum Gasteiger partial charge on any atom is -0.330 e. The monoisotopic (exact) mass is 251 g/mol. The zero-order chi connectivity index (χ0) is 13.1. The molecule has 3 unspecified atom stereocenters. The summed E-state index contributed by atoms with van der Waals surface area (Å²) >= 11 is 0. The Balaban J connectivity index is 1.65. The van der Waals surface area contributed by atoms with Crippen molar-refractivity contribution in [2.45, 2.75) is 18.8 Å². The van der Waals surface area contributed by atoms with Crippen LogP contribution in [-0.2, 0) is 6.42 Å². The maximum atomic E-state index is 6.00. The maximum Gasteiger partial charge on any atom is -0.00428 e. The predicted molar refractivity (Wildman–Crippen MR) is 80.0 cm³/mol. The summed E-state index contributed by atoms with van der Waals surface area (Å²) in [5, 5.41) is 0. The molecule has 98 valence electrons. The first-order valence-electron chi connectivity index (χ1n) is 7.17. The highest BCUT2D eigenvalue weighted by molar-refractivity contribution is 5.27. The van der Waals surface area contributed by atoms with Crippen LogP contribution in [-0.4, -0.2) is 6.54 Å². The van der Waals surface area contributed by atoms with E-state index in [0.717, 1.165) is 24.8 Å². The molecule has 0 amide bonds. The minimum absolute atomic E-state index is 0.618. The Kier molecular flexibility index (Phi) is 3.65. The molecule has 1 aliphatic rings. The van der Waals surface area contributed by atoms with E-state index >= 15 is 0 Å². The minimum atomic E-state index is 0.618. The van der Waals surface area contributed by atoms with Gasteiger partial charge in [-0.05, 0) is 48.3 Å². The van der Waals surface area contributed by atoms with Crippen LogP contribution in [0.5, 0.6) is 0 Å². The highest BCUT2D eigenvalue weighted by Crippen LogP contribution is 2.52. The van der Waals surface area contributed by atoms with Crippen LogP contribution < -0.4 is 5.73 Å². The first-order chi connectivity index (χ1) is 9.38. The smallest absolute Gasteiger partial charge is 0.00428 e. The lowest BCUT2D eigenvalue weighted by Crippen LogP contribution is -2.19. The Hall–Kier alpha value is -1.60. The predicted octanol–water partition coefficient (Wildman–Crippen LogP) is 3.61. The van der Waals surface area contributed by atoms with Gasteiger partial charge in [0.1, 0.15) is 0 Å². The van der Waals surface area contributed by atoms with Crippen LogP contribution in [0.15, 0.2) is 60.7 Å². The van der Waals surface area contributed by atoms with Crippen molar-refractivity contribution in [3.05, 3.63) is 71.8 Å². The Morgan fingerprint density at radius 1 is 0.947 bits per heavy atom. The summed E-state index contributed by atoms with van der Waals surface area (Å²) in [5.74, 6) is 2.12. The number of benzene rings is 2. The van der Waals surface area contributed by atoms with Gasteiger partial charge in [-0.3, -0.25) is 0 Å². The molecular weight excluding hydrogens is 230 g/mol. The first kappa shape index (κ1) is 12.4. The summed E-state index contributed by atoms with van der Waals surface area (Å²) in [4.78, 5) is 0. The summed E-state index contributed by atoms with van der Waals surface area (Å²) < 4.78 is 0. The third-order valence-electron chi connectivity index (χ3n) is 4.32. The molecule has 3 rings (SSSR count). The number of hydrogen-bond donors (Lipinski definition) is 1. The van der Waals surface area contributed by atoms with Gasteiger partial charge in [0.15, 0.2) is 0 Å². The van der Waals surface area contributed by atoms with Crippen LogP contribution in [0.4, 0.5) is 0 Å². The molecule has 2 N–H and O–H groups in total. The molecule has 3 atom stereocenters. The van der Waals surface area contributed by atoms with E-state index in [1.54, 1.807) is 0 Å². The fourth-order valence-electron chi connectivity index (χ4n) is 3.15. The van der Waals surface area contributed by atoms with Crippen molar-refractivity contribution in [2.75, 3.05) is 6.54 Å². The van der Waals surface area contributed by atoms with E-state index in [0.29, 0.717) is 5.92 Å². The van der Waals surface area contributed by atoms with E-state index in [9.17, 15) is 0 Å². The normalized spacial score (nSPS) is 23.0. The van der Waals surface area contributed by atoms with Gasteiger partial charge in [0.25, 0.3) is 0 Å². The van der Waals surface area contributed by atoms with Gasteiger partial charge in [-0.15, -0.1) is 0 Å². The molecule has 0 aromatic heterocycles. The molecule has 0 bridgehead atoms. The Morgan fingerprint density at radius 3 is 2.21 bits per heavy atom. The molecule has 0 aliphatic heterocycles. The second-order valence-electron chi connectivity index (χ2n) is 5.60. The van der Waals surface area contributed by atoms with E-state index in [2.05, 4.69) is 60.7 Å². The third-order valence-corrected chi connectivity index (χ3v) is 4.32. The Labute approximate surface area is 115 Å². The zero-order valence-corrected chi connectivity index (χ0v) is 11.2. The third kappa shape index (κ3) is 2.87. The lowest BCUT2D eigenvalue weighted by atomic mass is 9.92. The van der Waals surface area contributed by atoms with Gasteiger partial charge in [0.05, 0.1) is 0 Å². The summed E-state index contributed by atoms with van der Waals surface area (Å²) in [7, 11) is 0. The lowest BCUT2D eigenvalue weighted by Gasteiger charge is -2.15. The molecule has 2 aromatic carbocycles. The molecule has 1 heteroatoms.